The lowest BCUT2D eigenvalue weighted by molar-refractivity contribution is -0.118. The molecule has 1 heterocycles. The molecule has 0 spiro atoms. The van der Waals surface area contributed by atoms with Gasteiger partial charge in [0.25, 0.3) is 5.91 Å². The van der Waals surface area contributed by atoms with E-state index in [2.05, 4.69) is 10.3 Å². The van der Waals surface area contributed by atoms with Crippen molar-refractivity contribution in [1.82, 2.24) is 4.98 Å². The number of thiazole rings is 1. The highest BCUT2D eigenvalue weighted by atomic mass is 32.1. The van der Waals surface area contributed by atoms with Gasteiger partial charge in [-0.1, -0.05) is 29.6 Å². The first-order valence-electron chi connectivity index (χ1n) is 7.88. The van der Waals surface area contributed by atoms with Gasteiger partial charge in [-0.2, -0.15) is 0 Å². The molecule has 0 saturated heterocycles. The Balaban J connectivity index is 1.64. The van der Waals surface area contributed by atoms with Gasteiger partial charge >= 0.3 is 0 Å². The van der Waals surface area contributed by atoms with Crippen LogP contribution < -0.4 is 14.8 Å². The molecular formula is C19H17FN2O3S. The SMILES string of the molecule is CC=Cc1ccc(OCC(=O)Nc2nc3ccc(F)cc3s2)c(OC)c1. The number of fused-ring (bicyclic) bond motifs is 1. The predicted octanol–water partition coefficient (Wildman–Crippen LogP) is 4.49. The van der Waals surface area contributed by atoms with Crippen molar-refractivity contribution in [2.24, 2.45) is 0 Å². The molecule has 0 unspecified atom stereocenters. The molecule has 7 heteroatoms. The number of anilines is 1. The van der Waals surface area contributed by atoms with E-state index in [1.165, 1.54) is 23.5 Å². The summed E-state index contributed by atoms with van der Waals surface area (Å²) in [6, 6.07) is 9.75. The van der Waals surface area contributed by atoms with E-state index in [9.17, 15) is 9.18 Å². The number of hydrogen-bond donors (Lipinski definition) is 1. The molecule has 1 aromatic heterocycles. The normalized spacial score (nSPS) is 11.0. The molecule has 0 bridgehead atoms. The van der Waals surface area contributed by atoms with Gasteiger partial charge in [-0.05, 0) is 42.8 Å². The van der Waals surface area contributed by atoms with Crippen LogP contribution in [0.3, 0.4) is 0 Å². The highest BCUT2D eigenvalue weighted by molar-refractivity contribution is 7.22. The van der Waals surface area contributed by atoms with E-state index in [0.29, 0.717) is 26.8 Å². The third kappa shape index (κ3) is 4.18. The summed E-state index contributed by atoms with van der Waals surface area (Å²) in [5, 5.41) is 3.06. The average Bonchev–Trinajstić information content (AvgIpc) is 3.01. The van der Waals surface area contributed by atoms with Crippen molar-refractivity contribution in [2.75, 3.05) is 19.0 Å². The fourth-order valence-electron chi connectivity index (χ4n) is 2.35. The first kappa shape index (κ1) is 17.9. The first-order chi connectivity index (χ1) is 12.6. The van der Waals surface area contributed by atoms with Crippen LogP contribution in [0.15, 0.2) is 42.5 Å². The third-order valence-electron chi connectivity index (χ3n) is 3.50. The molecule has 134 valence electrons. The summed E-state index contributed by atoms with van der Waals surface area (Å²) in [6.45, 7) is 1.74. The smallest absolute Gasteiger partial charge is 0.264 e. The van der Waals surface area contributed by atoms with Crippen LogP contribution in [0.25, 0.3) is 16.3 Å². The fraction of sp³-hybridized carbons (Fsp3) is 0.158. The lowest BCUT2D eigenvalue weighted by atomic mass is 10.2. The summed E-state index contributed by atoms with van der Waals surface area (Å²) in [4.78, 5) is 16.3. The zero-order valence-electron chi connectivity index (χ0n) is 14.3. The molecule has 2 aromatic carbocycles. The zero-order valence-corrected chi connectivity index (χ0v) is 15.1. The zero-order chi connectivity index (χ0) is 18.5. The van der Waals surface area contributed by atoms with Gasteiger partial charge in [0, 0.05) is 0 Å². The van der Waals surface area contributed by atoms with Crippen LogP contribution in [0.2, 0.25) is 0 Å². The number of ether oxygens (including phenoxy) is 2. The number of benzene rings is 2. The minimum absolute atomic E-state index is 0.191. The number of allylic oxidation sites excluding steroid dienone is 1. The first-order valence-corrected chi connectivity index (χ1v) is 8.70. The number of rotatable bonds is 6. The molecule has 3 aromatic rings. The maximum atomic E-state index is 13.2. The molecular weight excluding hydrogens is 355 g/mol. The van der Waals surface area contributed by atoms with Crippen LogP contribution in [-0.4, -0.2) is 24.6 Å². The van der Waals surface area contributed by atoms with Gasteiger partial charge < -0.3 is 9.47 Å². The summed E-state index contributed by atoms with van der Waals surface area (Å²) >= 11 is 1.21. The number of aromatic nitrogens is 1. The third-order valence-corrected chi connectivity index (χ3v) is 4.44. The van der Waals surface area contributed by atoms with Crippen LogP contribution in [-0.2, 0) is 4.79 Å². The molecule has 3 rings (SSSR count). The number of methoxy groups -OCH3 is 1. The molecule has 1 N–H and O–H groups in total. The molecule has 0 aliphatic heterocycles. The quantitative estimate of drug-likeness (QED) is 0.692. The lowest BCUT2D eigenvalue weighted by Crippen LogP contribution is -2.20. The van der Waals surface area contributed by atoms with Crippen molar-refractivity contribution in [2.45, 2.75) is 6.92 Å². The van der Waals surface area contributed by atoms with Crippen molar-refractivity contribution in [3.8, 4) is 11.5 Å². The second-order valence-corrected chi connectivity index (χ2v) is 6.41. The number of nitrogens with one attached hydrogen (secondary N) is 1. The Labute approximate surface area is 154 Å². The molecule has 0 atom stereocenters. The summed E-state index contributed by atoms with van der Waals surface area (Å²) in [5.74, 6) is 0.325. The van der Waals surface area contributed by atoms with Gasteiger partial charge in [0.2, 0.25) is 0 Å². The Morgan fingerprint density at radius 3 is 2.88 bits per heavy atom. The Morgan fingerprint density at radius 1 is 1.27 bits per heavy atom. The number of amides is 1. The molecule has 26 heavy (non-hydrogen) atoms. The largest absolute Gasteiger partial charge is 0.493 e. The summed E-state index contributed by atoms with van der Waals surface area (Å²) < 4.78 is 24.7. The Hall–Kier alpha value is -2.93. The predicted molar refractivity (Wildman–Crippen MR) is 101 cm³/mol. The number of nitrogens with zero attached hydrogens (tertiary/aromatic N) is 1. The van der Waals surface area contributed by atoms with Crippen LogP contribution in [0.5, 0.6) is 11.5 Å². The van der Waals surface area contributed by atoms with E-state index in [-0.39, 0.29) is 18.3 Å². The summed E-state index contributed by atoms with van der Waals surface area (Å²) in [7, 11) is 1.54. The van der Waals surface area contributed by atoms with Crippen molar-refractivity contribution in [3.05, 3.63) is 53.9 Å². The molecule has 0 aliphatic rings. The van der Waals surface area contributed by atoms with Crippen LogP contribution >= 0.6 is 11.3 Å². The second kappa shape index (κ2) is 7.97. The molecule has 0 fully saturated rings. The highest BCUT2D eigenvalue weighted by Crippen LogP contribution is 2.29. The maximum Gasteiger partial charge on any atom is 0.264 e. The lowest BCUT2D eigenvalue weighted by Gasteiger charge is -2.11. The molecule has 0 aliphatic carbocycles. The van der Waals surface area contributed by atoms with E-state index in [4.69, 9.17) is 9.47 Å². The summed E-state index contributed by atoms with van der Waals surface area (Å²) in [5.41, 5.74) is 1.61. The van der Waals surface area contributed by atoms with Gasteiger partial charge in [0.05, 0.1) is 17.3 Å². The number of carbonyl (C=O) groups excluding carboxylic acids is 1. The van der Waals surface area contributed by atoms with Gasteiger partial charge in [-0.25, -0.2) is 9.37 Å². The molecule has 1 amide bonds. The average molecular weight is 372 g/mol. The Bertz CT molecular complexity index is 969. The highest BCUT2D eigenvalue weighted by Gasteiger charge is 2.11. The van der Waals surface area contributed by atoms with Crippen molar-refractivity contribution >= 4 is 38.7 Å². The fourth-order valence-corrected chi connectivity index (χ4v) is 3.26. The Morgan fingerprint density at radius 2 is 2.12 bits per heavy atom. The van der Waals surface area contributed by atoms with Gasteiger partial charge in [0.15, 0.2) is 23.2 Å². The van der Waals surface area contributed by atoms with E-state index in [0.717, 1.165) is 5.56 Å². The van der Waals surface area contributed by atoms with Crippen LogP contribution in [0, 0.1) is 5.82 Å². The van der Waals surface area contributed by atoms with Crippen molar-refractivity contribution in [3.63, 3.8) is 0 Å². The minimum Gasteiger partial charge on any atom is -0.493 e. The maximum absolute atomic E-state index is 13.2. The Kier molecular flexibility index (Phi) is 5.48. The van der Waals surface area contributed by atoms with E-state index < -0.39 is 0 Å². The summed E-state index contributed by atoms with van der Waals surface area (Å²) in [6.07, 6.45) is 3.86. The topological polar surface area (TPSA) is 60.5 Å². The van der Waals surface area contributed by atoms with E-state index in [1.54, 1.807) is 19.2 Å². The van der Waals surface area contributed by atoms with Crippen molar-refractivity contribution < 1.29 is 18.7 Å². The van der Waals surface area contributed by atoms with Gasteiger partial charge in [0.1, 0.15) is 5.82 Å². The van der Waals surface area contributed by atoms with Crippen LogP contribution in [0.4, 0.5) is 9.52 Å². The van der Waals surface area contributed by atoms with Crippen molar-refractivity contribution in [1.29, 1.82) is 0 Å². The molecule has 0 radical (unpaired) electrons. The van der Waals surface area contributed by atoms with Crippen LogP contribution in [0.1, 0.15) is 12.5 Å². The minimum atomic E-state index is -0.357. The number of halogens is 1. The standard InChI is InChI=1S/C19H17FN2O3S/c1-3-4-12-5-8-15(16(9-12)24-2)25-11-18(23)22-19-21-14-7-6-13(20)10-17(14)26-19/h3-10H,11H2,1-2H3,(H,21,22,23). The van der Waals surface area contributed by atoms with E-state index in [1.807, 2.05) is 31.2 Å². The second-order valence-electron chi connectivity index (χ2n) is 5.38. The molecule has 0 saturated carbocycles. The number of hydrogen-bond acceptors (Lipinski definition) is 5. The van der Waals surface area contributed by atoms with Gasteiger partial charge in [-0.15, -0.1) is 0 Å². The number of carbonyl (C=O) groups is 1. The molecule has 5 nitrogen and oxygen atoms in total. The van der Waals surface area contributed by atoms with E-state index >= 15 is 0 Å². The monoisotopic (exact) mass is 372 g/mol. The van der Waals surface area contributed by atoms with Gasteiger partial charge in [-0.3, -0.25) is 10.1 Å².